The second kappa shape index (κ2) is 4.33. The summed E-state index contributed by atoms with van der Waals surface area (Å²) in [6, 6.07) is 0. The lowest BCUT2D eigenvalue weighted by molar-refractivity contribution is 0.703. The topological polar surface area (TPSA) is 12.0 Å². The van der Waals surface area contributed by atoms with E-state index < -0.39 is 0 Å². The quantitative estimate of drug-likeness (QED) is 0.514. The summed E-state index contributed by atoms with van der Waals surface area (Å²) < 4.78 is 0. The lowest BCUT2D eigenvalue weighted by atomic mass is 10.3. The van der Waals surface area contributed by atoms with Crippen molar-refractivity contribution in [2.45, 2.75) is 12.8 Å². The fourth-order valence-corrected chi connectivity index (χ4v) is 0.852. The molecule has 0 saturated heterocycles. The van der Waals surface area contributed by atoms with E-state index in [1.165, 1.54) is 12.8 Å². The Bertz CT molecular complexity index is 99.7. The molecule has 0 unspecified atom stereocenters. The van der Waals surface area contributed by atoms with Gasteiger partial charge >= 0.3 is 0 Å². The summed E-state index contributed by atoms with van der Waals surface area (Å²) in [4.78, 5) is 0. The molecular formula is C8H13N. The predicted molar refractivity (Wildman–Crippen MR) is 40.4 cm³/mol. The van der Waals surface area contributed by atoms with Crippen molar-refractivity contribution in [3.8, 4) is 0 Å². The minimum atomic E-state index is 1.02. The van der Waals surface area contributed by atoms with Gasteiger partial charge in [-0.1, -0.05) is 24.3 Å². The summed E-state index contributed by atoms with van der Waals surface area (Å²) in [5.74, 6) is 0. The van der Waals surface area contributed by atoms with Crippen molar-refractivity contribution >= 4 is 0 Å². The van der Waals surface area contributed by atoms with Crippen LogP contribution in [0.3, 0.4) is 0 Å². The highest BCUT2D eigenvalue weighted by atomic mass is 14.8. The highest BCUT2D eigenvalue weighted by molar-refractivity contribution is 5.03. The molecule has 0 fully saturated rings. The molecule has 0 bridgehead atoms. The third kappa shape index (κ3) is 3.09. The van der Waals surface area contributed by atoms with Gasteiger partial charge in [-0.2, -0.15) is 0 Å². The van der Waals surface area contributed by atoms with Crippen molar-refractivity contribution in [1.29, 1.82) is 0 Å². The van der Waals surface area contributed by atoms with Gasteiger partial charge in [0.15, 0.2) is 0 Å². The molecule has 0 spiro atoms. The number of rotatable bonds is 0. The van der Waals surface area contributed by atoms with Crippen molar-refractivity contribution in [1.82, 2.24) is 5.32 Å². The second-order valence-electron chi connectivity index (χ2n) is 2.20. The minimum Gasteiger partial charge on any atom is -0.313 e. The Hall–Kier alpha value is -0.560. The van der Waals surface area contributed by atoms with Crippen molar-refractivity contribution < 1.29 is 0 Å². The van der Waals surface area contributed by atoms with E-state index in [9.17, 15) is 0 Å². The molecular weight excluding hydrogens is 110 g/mol. The first-order chi connectivity index (χ1) is 4.50. The zero-order valence-electron chi connectivity index (χ0n) is 5.64. The lowest BCUT2D eigenvalue weighted by Crippen LogP contribution is -2.14. The summed E-state index contributed by atoms with van der Waals surface area (Å²) in [5, 5.41) is 3.30. The van der Waals surface area contributed by atoms with Crippen LogP contribution in [0.4, 0.5) is 0 Å². The van der Waals surface area contributed by atoms with Crippen LogP contribution in [0.1, 0.15) is 12.8 Å². The van der Waals surface area contributed by atoms with Crippen molar-refractivity contribution in [2.24, 2.45) is 0 Å². The molecule has 0 atom stereocenters. The molecule has 1 heterocycles. The van der Waals surface area contributed by atoms with Gasteiger partial charge in [0.05, 0.1) is 0 Å². The fraction of sp³-hybridized carbons (Fsp3) is 0.500. The Morgan fingerprint density at radius 2 is 2.00 bits per heavy atom. The zero-order valence-corrected chi connectivity index (χ0v) is 5.64. The van der Waals surface area contributed by atoms with Gasteiger partial charge in [-0.25, -0.2) is 0 Å². The van der Waals surface area contributed by atoms with Crippen LogP contribution in [-0.4, -0.2) is 13.1 Å². The first-order valence-corrected chi connectivity index (χ1v) is 3.52. The Morgan fingerprint density at radius 1 is 1.11 bits per heavy atom. The SMILES string of the molecule is C1=C\CNCCC/C=C/1. The van der Waals surface area contributed by atoms with Crippen LogP contribution < -0.4 is 5.32 Å². The predicted octanol–water partition coefficient (Wildman–Crippen LogP) is 1.48. The Labute approximate surface area is 56.5 Å². The van der Waals surface area contributed by atoms with E-state index in [0.29, 0.717) is 0 Å². The standard InChI is InChI=1S/C8H13N/c1-2-4-6-8-9-7-5-3-1/h1-3,5,9H,4,6-8H2/b2-1+,5-3-. The highest BCUT2D eigenvalue weighted by Gasteiger charge is 1.84. The van der Waals surface area contributed by atoms with E-state index in [1.807, 2.05) is 0 Å². The van der Waals surface area contributed by atoms with E-state index in [-0.39, 0.29) is 0 Å². The summed E-state index contributed by atoms with van der Waals surface area (Å²) >= 11 is 0. The van der Waals surface area contributed by atoms with Crippen LogP contribution >= 0.6 is 0 Å². The van der Waals surface area contributed by atoms with Crippen molar-refractivity contribution in [3.05, 3.63) is 24.3 Å². The first kappa shape index (κ1) is 6.56. The molecule has 0 radical (unpaired) electrons. The molecule has 0 aromatic carbocycles. The summed E-state index contributed by atoms with van der Waals surface area (Å²) in [7, 11) is 0. The molecule has 1 aliphatic heterocycles. The maximum Gasteiger partial charge on any atom is 0.0137 e. The molecule has 1 aliphatic rings. The smallest absolute Gasteiger partial charge is 0.0137 e. The highest BCUT2D eigenvalue weighted by Crippen LogP contribution is 1.91. The van der Waals surface area contributed by atoms with Gasteiger partial charge in [-0.15, -0.1) is 0 Å². The van der Waals surface area contributed by atoms with Crippen LogP contribution in [0.25, 0.3) is 0 Å². The Morgan fingerprint density at radius 3 is 3.00 bits per heavy atom. The molecule has 0 aromatic rings. The van der Waals surface area contributed by atoms with Gasteiger partial charge in [0.25, 0.3) is 0 Å². The van der Waals surface area contributed by atoms with E-state index in [4.69, 9.17) is 0 Å². The van der Waals surface area contributed by atoms with Crippen LogP contribution in [-0.2, 0) is 0 Å². The monoisotopic (exact) mass is 123 g/mol. The number of hydrogen-bond acceptors (Lipinski definition) is 1. The third-order valence-corrected chi connectivity index (χ3v) is 1.37. The van der Waals surface area contributed by atoms with E-state index >= 15 is 0 Å². The normalized spacial score (nSPS) is 27.6. The van der Waals surface area contributed by atoms with Crippen LogP contribution in [0.5, 0.6) is 0 Å². The van der Waals surface area contributed by atoms with Crippen LogP contribution in [0, 0.1) is 0 Å². The molecule has 1 N–H and O–H groups in total. The van der Waals surface area contributed by atoms with Crippen LogP contribution in [0.15, 0.2) is 24.3 Å². The van der Waals surface area contributed by atoms with Gasteiger partial charge in [-0.05, 0) is 19.4 Å². The van der Waals surface area contributed by atoms with Gasteiger partial charge in [0.1, 0.15) is 0 Å². The van der Waals surface area contributed by atoms with Gasteiger partial charge in [-0.3, -0.25) is 0 Å². The minimum absolute atomic E-state index is 1.02. The zero-order chi connectivity index (χ0) is 6.36. The molecule has 1 nitrogen and oxygen atoms in total. The number of nitrogens with one attached hydrogen (secondary N) is 1. The summed E-state index contributed by atoms with van der Waals surface area (Å²) in [6.07, 6.45) is 11.0. The Balaban J connectivity index is 2.28. The first-order valence-electron chi connectivity index (χ1n) is 3.52. The molecule has 1 heteroatoms. The third-order valence-electron chi connectivity index (χ3n) is 1.37. The van der Waals surface area contributed by atoms with Crippen molar-refractivity contribution in [3.63, 3.8) is 0 Å². The molecule has 9 heavy (non-hydrogen) atoms. The molecule has 50 valence electrons. The largest absolute Gasteiger partial charge is 0.313 e. The van der Waals surface area contributed by atoms with Gasteiger partial charge in [0, 0.05) is 6.54 Å². The molecule has 0 aliphatic carbocycles. The fourth-order valence-electron chi connectivity index (χ4n) is 0.852. The molecule has 0 aromatic heterocycles. The molecule has 1 rings (SSSR count). The van der Waals surface area contributed by atoms with E-state index in [1.54, 1.807) is 0 Å². The lowest BCUT2D eigenvalue weighted by Gasteiger charge is -1.95. The Kier molecular flexibility index (Phi) is 3.16. The average Bonchev–Trinajstić information content (AvgIpc) is 2.00. The summed E-state index contributed by atoms with van der Waals surface area (Å²) in [6.45, 7) is 2.17. The van der Waals surface area contributed by atoms with Gasteiger partial charge < -0.3 is 5.32 Å². The number of allylic oxidation sites excluding steroid dienone is 3. The van der Waals surface area contributed by atoms with Crippen LogP contribution in [0.2, 0.25) is 0 Å². The molecule has 0 amide bonds. The maximum absolute atomic E-state index is 3.30. The molecule has 0 saturated carbocycles. The van der Waals surface area contributed by atoms with Crippen molar-refractivity contribution in [2.75, 3.05) is 13.1 Å². The second-order valence-corrected chi connectivity index (χ2v) is 2.20. The van der Waals surface area contributed by atoms with E-state index in [2.05, 4.69) is 29.6 Å². The van der Waals surface area contributed by atoms with Gasteiger partial charge in [0.2, 0.25) is 0 Å². The number of hydrogen-bond donors (Lipinski definition) is 1. The van der Waals surface area contributed by atoms with E-state index in [0.717, 1.165) is 13.1 Å². The maximum atomic E-state index is 3.30. The summed E-state index contributed by atoms with van der Waals surface area (Å²) in [5.41, 5.74) is 0. The average molecular weight is 123 g/mol.